The van der Waals surface area contributed by atoms with Gasteiger partial charge in [-0.05, 0) is 31.5 Å². The number of halogens is 1. The lowest BCUT2D eigenvalue weighted by atomic mass is 10.0. The molecular weight excluding hydrogens is 224 g/mol. The molecule has 0 aliphatic carbocycles. The molecule has 1 aromatic carbocycles. The summed E-state index contributed by atoms with van der Waals surface area (Å²) in [4.78, 5) is 0. The molecule has 0 aliphatic heterocycles. The molecule has 0 spiro atoms. The maximum absolute atomic E-state index is 10.00. The fourth-order valence-electron chi connectivity index (χ4n) is 1.59. The number of anilines is 2. The van der Waals surface area contributed by atoms with E-state index in [1.54, 1.807) is 18.2 Å². The summed E-state index contributed by atoms with van der Waals surface area (Å²) in [6, 6.07) is 5.25. The van der Waals surface area contributed by atoms with Gasteiger partial charge in [0.25, 0.3) is 0 Å². The van der Waals surface area contributed by atoms with Crippen molar-refractivity contribution in [1.29, 1.82) is 0 Å². The Morgan fingerprint density at radius 2 is 2.19 bits per heavy atom. The third kappa shape index (κ3) is 3.91. The molecule has 0 aromatic heterocycles. The van der Waals surface area contributed by atoms with Crippen LogP contribution in [0.25, 0.3) is 0 Å². The number of nitrogens with one attached hydrogen (secondary N) is 1. The molecule has 0 aliphatic rings. The zero-order chi connectivity index (χ0) is 12.2. The number of benzene rings is 1. The van der Waals surface area contributed by atoms with Gasteiger partial charge in [0.2, 0.25) is 0 Å². The van der Waals surface area contributed by atoms with E-state index in [1.807, 2.05) is 13.8 Å². The average Bonchev–Trinajstić information content (AvgIpc) is 2.19. The lowest BCUT2D eigenvalue weighted by Gasteiger charge is -2.24. The van der Waals surface area contributed by atoms with E-state index in [0.717, 1.165) is 18.5 Å². The summed E-state index contributed by atoms with van der Waals surface area (Å²) in [5.41, 5.74) is 6.47. The fourth-order valence-corrected chi connectivity index (χ4v) is 1.77. The van der Waals surface area contributed by atoms with E-state index in [4.69, 9.17) is 17.3 Å². The molecule has 1 atom stereocenters. The third-order valence-electron chi connectivity index (χ3n) is 2.46. The van der Waals surface area contributed by atoms with E-state index >= 15 is 0 Å². The zero-order valence-electron chi connectivity index (χ0n) is 9.76. The van der Waals surface area contributed by atoms with E-state index in [2.05, 4.69) is 5.32 Å². The van der Waals surface area contributed by atoms with Crippen LogP contribution in [-0.4, -0.2) is 17.3 Å². The summed E-state index contributed by atoms with van der Waals surface area (Å²) >= 11 is 5.87. The Morgan fingerprint density at radius 1 is 1.50 bits per heavy atom. The van der Waals surface area contributed by atoms with Gasteiger partial charge in [-0.3, -0.25) is 0 Å². The molecule has 1 rings (SSSR count). The summed E-state index contributed by atoms with van der Waals surface area (Å²) < 4.78 is 0. The van der Waals surface area contributed by atoms with E-state index in [9.17, 15) is 5.11 Å². The van der Waals surface area contributed by atoms with Crippen molar-refractivity contribution in [2.75, 3.05) is 17.6 Å². The van der Waals surface area contributed by atoms with Crippen LogP contribution in [0.2, 0.25) is 5.02 Å². The van der Waals surface area contributed by atoms with Gasteiger partial charge in [0.05, 0.1) is 17.0 Å². The minimum absolute atomic E-state index is 0.464. The van der Waals surface area contributed by atoms with Crippen LogP contribution in [0.1, 0.15) is 26.7 Å². The molecule has 0 saturated carbocycles. The first kappa shape index (κ1) is 13.1. The highest BCUT2D eigenvalue weighted by atomic mass is 35.5. The van der Waals surface area contributed by atoms with Crippen molar-refractivity contribution in [1.82, 2.24) is 0 Å². The summed E-state index contributed by atoms with van der Waals surface area (Å²) in [6.45, 7) is 4.32. The van der Waals surface area contributed by atoms with E-state index < -0.39 is 5.60 Å². The Labute approximate surface area is 102 Å². The molecule has 0 bridgehead atoms. The Morgan fingerprint density at radius 3 is 2.81 bits per heavy atom. The van der Waals surface area contributed by atoms with Crippen molar-refractivity contribution in [3.63, 3.8) is 0 Å². The van der Waals surface area contributed by atoms with Gasteiger partial charge in [0, 0.05) is 11.6 Å². The smallest absolute Gasteiger partial charge is 0.0791 e. The van der Waals surface area contributed by atoms with Gasteiger partial charge in [-0.15, -0.1) is 0 Å². The topological polar surface area (TPSA) is 58.3 Å². The van der Waals surface area contributed by atoms with Crippen LogP contribution in [0.3, 0.4) is 0 Å². The molecule has 4 heteroatoms. The highest BCUT2D eigenvalue weighted by Crippen LogP contribution is 2.24. The largest absolute Gasteiger partial charge is 0.397 e. The molecule has 0 saturated heterocycles. The van der Waals surface area contributed by atoms with Gasteiger partial charge in [0.15, 0.2) is 0 Å². The maximum atomic E-state index is 10.00. The highest BCUT2D eigenvalue weighted by Gasteiger charge is 2.18. The van der Waals surface area contributed by atoms with Crippen molar-refractivity contribution in [3.8, 4) is 0 Å². The summed E-state index contributed by atoms with van der Waals surface area (Å²) in [6.07, 6.45) is 1.69. The molecule has 4 N–H and O–H groups in total. The third-order valence-corrected chi connectivity index (χ3v) is 2.70. The normalized spacial score (nSPS) is 14.5. The first-order chi connectivity index (χ1) is 7.44. The highest BCUT2D eigenvalue weighted by molar-refractivity contribution is 6.31. The Kier molecular flexibility index (Phi) is 4.44. The van der Waals surface area contributed by atoms with Crippen LogP contribution < -0.4 is 11.1 Å². The number of aliphatic hydroxyl groups is 1. The maximum Gasteiger partial charge on any atom is 0.0791 e. The number of nitrogen functional groups attached to an aromatic ring is 1. The predicted molar refractivity (Wildman–Crippen MR) is 69.9 cm³/mol. The second kappa shape index (κ2) is 5.41. The molecule has 0 amide bonds. The summed E-state index contributed by atoms with van der Waals surface area (Å²) in [5, 5.41) is 13.8. The van der Waals surface area contributed by atoms with Gasteiger partial charge >= 0.3 is 0 Å². The Bertz CT molecular complexity index is 353. The van der Waals surface area contributed by atoms with Crippen molar-refractivity contribution in [3.05, 3.63) is 23.2 Å². The quantitative estimate of drug-likeness (QED) is 0.696. The summed E-state index contributed by atoms with van der Waals surface area (Å²) in [5.74, 6) is 0. The van der Waals surface area contributed by atoms with E-state index in [1.165, 1.54) is 0 Å². The van der Waals surface area contributed by atoms with Crippen molar-refractivity contribution in [2.45, 2.75) is 32.3 Å². The number of nitrogens with two attached hydrogens (primary N) is 1. The molecular formula is C12H19ClN2O. The van der Waals surface area contributed by atoms with Crippen LogP contribution in [0.15, 0.2) is 18.2 Å². The second-order valence-corrected chi connectivity index (χ2v) is 4.77. The van der Waals surface area contributed by atoms with Crippen LogP contribution in [0.5, 0.6) is 0 Å². The van der Waals surface area contributed by atoms with Gasteiger partial charge in [0.1, 0.15) is 0 Å². The average molecular weight is 243 g/mol. The van der Waals surface area contributed by atoms with Crippen LogP contribution in [0.4, 0.5) is 11.4 Å². The molecule has 1 aromatic rings. The predicted octanol–water partition coefficient (Wildman–Crippen LogP) is 2.89. The van der Waals surface area contributed by atoms with Crippen LogP contribution >= 0.6 is 11.6 Å². The minimum Gasteiger partial charge on any atom is -0.397 e. The molecule has 16 heavy (non-hydrogen) atoms. The molecule has 0 radical (unpaired) electrons. The number of hydrogen-bond acceptors (Lipinski definition) is 3. The first-order valence-electron chi connectivity index (χ1n) is 5.46. The monoisotopic (exact) mass is 242 g/mol. The van der Waals surface area contributed by atoms with Crippen molar-refractivity contribution < 1.29 is 5.11 Å². The number of rotatable bonds is 5. The summed E-state index contributed by atoms with van der Waals surface area (Å²) in [7, 11) is 0. The Hall–Kier alpha value is -0.930. The van der Waals surface area contributed by atoms with E-state index in [-0.39, 0.29) is 0 Å². The van der Waals surface area contributed by atoms with Crippen LogP contribution in [0, 0.1) is 0 Å². The van der Waals surface area contributed by atoms with Gasteiger partial charge in [-0.1, -0.05) is 24.9 Å². The second-order valence-electron chi connectivity index (χ2n) is 4.33. The van der Waals surface area contributed by atoms with Gasteiger partial charge in [-0.2, -0.15) is 0 Å². The Balaban J connectivity index is 2.63. The number of hydrogen-bond donors (Lipinski definition) is 3. The first-order valence-corrected chi connectivity index (χ1v) is 5.84. The molecule has 90 valence electrons. The lowest BCUT2D eigenvalue weighted by molar-refractivity contribution is 0.0637. The van der Waals surface area contributed by atoms with Crippen molar-refractivity contribution >= 4 is 23.0 Å². The molecule has 0 heterocycles. The molecule has 0 fully saturated rings. The van der Waals surface area contributed by atoms with Gasteiger partial charge in [-0.25, -0.2) is 0 Å². The lowest BCUT2D eigenvalue weighted by Crippen LogP contribution is -2.33. The zero-order valence-corrected chi connectivity index (χ0v) is 10.5. The van der Waals surface area contributed by atoms with Crippen molar-refractivity contribution in [2.24, 2.45) is 0 Å². The fraction of sp³-hybridized carbons (Fsp3) is 0.500. The van der Waals surface area contributed by atoms with Gasteiger partial charge < -0.3 is 16.2 Å². The minimum atomic E-state index is -0.719. The van der Waals surface area contributed by atoms with Crippen LogP contribution in [-0.2, 0) is 0 Å². The molecule has 3 nitrogen and oxygen atoms in total. The molecule has 1 unspecified atom stereocenters. The SMILES string of the molecule is CCCC(C)(O)CNc1cc(Cl)ccc1N. The standard InChI is InChI=1S/C12H19ClN2O/c1-3-6-12(2,16)8-15-11-7-9(13)4-5-10(11)14/h4-5,7,15-16H,3,6,8,14H2,1-2H3. The van der Waals surface area contributed by atoms with E-state index in [0.29, 0.717) is 17.3 Å².